The molecule has 0 aromatic carbocycles. The Morgan fingerprint density at radius 3 is 2.18 bits per heavy atom. The van der Waals surface area contributed by atoms with E-state index in [1.807, 2.05) is 13.8 Å². The molecule has 11 heavy (non-hydrogen) atoms. The van der Waals surface area contributed by atoms with Gasteiger partial charge in [-0.3, -0.25) is 9.59 Å². The summed E-state index contributed by atoms with van der Waals surface area (Å²) in [4.78, 5) is 21.7. The molecule has 0 fully saturated rings. The van der Waals surface area contributed by atoms with Crippen molar-refractivity contribution in [1.82, 2.24) is 0 Å². The van der Waals surface area contributed by atoms with Crippen molar-refractivity contribution in [2.45, 2.75) is 27.2 Å². The summed E-state index contributed by atoms with van der Waals surface area (Å²) in [7, 11) is 0. The molecule has 0 heterocycles. The van der Waals surface area contributed by atoms with Gasteiger partial charge in [-0.05, 0) is 12.5 Å². The summed E-state index contributed by atoms with van der Waals surface area (Å²) in [5.74, 6) is 0.108. The Bertz CT molecular complexity index is 246. The number of ketones is 1. The average molecular weight is 152 g/mol. The van der Waals surface area contributed by atoms with Gasteiger partial charge in [0.05, 0.1) is 0 Å². The van der Waals surface area contributed by atoms with E-state index < -0.39 is 0 Å². The van der Waals surface area contributed by atoms with Gasteiger partial charge in [0.25, 0.3) is 0 Å². The number of allylic oxidation sites excluding steroid dienone is 2. The predicted octanol–water partition coefficient (Wildman–Crippen LogP) is 1.50. The van der Waals surface area contributed by atoms with Gasteiger partial charge in [-0.1, -0.05) is 13.8 Å². The second-order valence-electron chi connectivity index (χ2n) is 3.64. The molecule has 60 valence electrons. The number of aldehydes is 1. The van der Waals surface area contributed by atoms with Crippen molar-refractivity contribution in [1.29, 1.82) is 0 Å². The van der Waals surface area contributed by atoms with Gasteiger partial charge in [0, 0.05) is 17.4 Å². The maximum atomic E-state index is 11.1. The van der Waals surface area contributed by atoms with E-state index in [1.54, 1.807) is 6.92 Å². The van der Waals surface area contributed by atoms with Gasteiger partial charge in [0.2, 0.25) is 0 Å². The largest absolute Gasteiger partial charge is 0.298 e. The Kier molecular flexibility index (Phi) is 1.70. The molecule has 0 aromatic rings. The molecule has 0 spiro atoms. The van der Waals surface area contributed by atoms with Gasteiger partial charge in [-0.2, -0.15) is 0 Å². The van der Waals surface area contributed by atoms with Crippen LogP contribution in [0.3, 0.4) is 0 Å². The van der Waals surface area contributed by atoms with Crippen LogP contribution in [0.15, 0.2) is 11.1 Å². The minimum absolute atomic E-state index is 0.108. The van der Waals surface area contributed by atoms with Crippen LogP contribution in [0.2, 0.25) is 0 Å². The fraction of sp³-hybridized carbons (Fsp3) is 0.556. The lowest BCUT2D eigenvalue weighted by molar-refractivity contribution is -0.115. The van der Waals surface area contributed by atoms with Gasteiger partial charge in [-0.15, -0.1) is 0 Å². The number of Topliss-reactive ketones (excluding diaryl/α,β-unsaturated/α-hetero) is 1. The first-order valence-electron chi connectivity index (χ1n) is 3.69. The van der Waals surface area contributed by atoms with E-state index >= 15 is 0 Å². The second kappa shape index (κ2) is 2.29. The van der Waals surface area contributed by atoms with E-state index in [0.29, 0.717) is 17.6 Å². The molecule has 0 atom stereocenters. The van der Waals surface area contributed by atoms with E-state index in [1.165, 1.54) is 0 Å². The summed E-state index contributed by atoms with van der Waals surface area (Å²) in [5, 5.41) is 0. The van der Waals surface area contributed by atoms with Crippen LogP contribution in [0.25, 0.3) is 0 Å². The van der Waals surface area contributed by atoms with Crippen LogP contribution >= 0.6 is 0 Å². The zero-order valence-electron chi connectivity index (χ0n) is 7.10. The summed E-state index contributed by atoms with van der Waals surface area (Å²) in [6.45, 7) is 5.57. The van der Waals surface area contributed by atoms with E-state index in [4.69, 9.17) is 0 Å². The first-order chi connectivity index (χ1) is 4.99. The third-order valence-electron chi connectivity index (χ3n) is 2.27. The van der Waals surface area contributed by atoms with Crippen molar-refractivity contribution < 1.29 is 9.59 Å². The molecule has 0 bridgehead atoms. The molecule has 0 saturated carbocycles. The summed E-state index contributed by atoms with van der Waals surface area (Å²) >= 11 is 0. The summed E-state index contributed by atoms with van der Waals surface area (Å²) < 4.78 is 0. The first kappa shape index (κ1) is 8.18. The van der Waals surface area contributed by atoms with E-state index in [9.17, 15) is 9.59 Å². The molecule has 0 amide bonds. The van der Waals surface area contributed by atoms with E-state index in [-0.39, 0.29) is 11.2 Å². The van der Waals surface area contributed by atoms with Crippen LogP contribution in [0.4, 0.5) is 0 Å². The quantitative estimate of drug-likeness (QED) is 0.533. The molecule has 0 aliphatic heterocycles. The number of carbonyl (C=O) groups is 2. The minimum Gasteiger partial charge on any atom is -0.298 e. The summed E-state index contributed by atoms with van der Waals surface area (Å²) in [6, 6.07) is 0. The number of carbonyl (C=O) groups excluding carboxylic acids is 2. The van der Waals surface area contributed by atoms with Crippen molar-refractivity contribution in [2.24, 2.45) is 5.41 Å². The highest BCUT2D eigenvalue weighted by atomic mass is 16.1. The van der Waals surface area contributed by atoms with E-state index in [2.05, 4.69) is 0 Å². The molecular weight excluding hydrogens is 140 g/mol. The SMILES string of the molecule is CC1=C(C=O)C(C)(C)CC1=O. The van der Waals surface area contributed by atoms with Crippen molar-refractivity contribution in [3.05, 3.63) is 11.1 Å². The van der Waals surface area contributed by atoms with Gasteiger partial charge in [0.15, 0.2) is 5.78 Å². The topological polar surface area (TPSA) is 34.1 Å². The maximum Gasteiger partial charge on any atom is 0.159 e. The molecule has 2 heteroatoms. The smallest absolute Gasteiger partial charge is 0.159 e. The molecule has 1 aliphatic rings. The lowest BCUT2D eigenvalue weighted by atomic mass is 9.86. The molecule has 0 N–H and O–H groups in total. The van der Waals surface area contributed by atoms with Crippen LogP contribution in [-0.2, 0) is 9.59 Å². The van der Waals surface area contributed by atoms with Crippen LogP contribution in [-0.4, -0.2) is 12.1 Å². The van der Waals surface area contributed by atoms with Crippen LogP contribution < -0.4 is 0 Å². The Hall–Kier alpha value is -0.920. The van der Waals surface area contributed by atoms with Crippen molar-refractivity contribution in [3.8, 4) is 0 Å². The predicted molar refractivity (Wildman–Crippen MR) is 42.2 cm³/mol. The Morgan fingerprint density at radius 2 is 2.00 bits per heavy atom. The molecule has 0 unspecified atom stereocenters. The fourth-order valence-corrected chi connectivity index (χ4v) is 1.53. The number of hydrogen-bond acceptors (Lipinski definition) is 2. The summed E-state index contributed by atoms with van der Waals surface area (Å²) in [6.07, 6.45) is 1.28. The zero-order chi connectivity index (χ0) is 8.65. The Labute approximate surface area is 66.3 Å². The van der Waals surface area contributed by atoms with E-state index in [0.717, 1.165) is 6.29 Å². The lowest BCUT2D eigenvalue weighted by Crippen LogP contribution is -2.11. The van der Waals surface area contributed by atoms with Crippen LogP contribution in [0.5, 0.6) is 0 Å². The van der Waals surface area contributed by atoms with Gasteiger partial charge >= 0.3 is 0 Å². The highest BCUT2D eigenvalue weighted by Crippen LogP contribution is 2.38. The molecule has 2 nitrogen and oxygen atoms in total. The minimum atomic E-state index is -0.233. The second-order valence-corrected chi connectivity index (χ2v) is 3.64. The molecule has 1 rings (SSSR count). The number of rotatable bonds is 1. The third kappa shape index (κ3) is 1.13. The van der Waals surface area contributed by atoms with Crippen LogP contribution in [0, 0.1) is 5.41 Å². The average Bonchev–Trinajstić information content (AvgIpc) is 2.03. The van der Waals surface area contributed by atoms with Crippen molar-refractivity contribution in [3.63, 3.8) is 0 Å². The van der Waals surface area contributed by atoms with Gasteiger partial charge in [-0.25, -0.2) is 0 Å². The third-order valence-corrected chi connectivity index (χ3v) is 2.27. The highest BCUT2D eigenvalue weighted by Gasteiger charge is 2.35. The molecular formula is C9H12O2. The maximum absolute atomic E-state index is 11.1. The van der Waals surface area contributed by atoms with Gasteiger partial charge in [0.1, 0.15) is 6.29 Å². The zero-order valence-corrected chi connectivity index (χ0v) is 7.10. The first-order valence-corrected chi connectivity index (χ1v) is 3.69. The number of hydrogen-bond donors (Lipinski definition) is 0. The molecule has 1 aliphatic carbocycles. The highest BCUT2D eigenvalue weighted by molar-refractivity contribution is 6.05. The standard InChI is InChI=1S/C9H12O2/c1-6-7(5-10)9(2,3)4-8(6)11/h5H,4H2,1-3H3. The lowest BCUT2D eigenvalue weighted by Gasteiger charge is -2.16. The molecule has 0 aromatic heterocycles. The summed E-state index contributed by atoms with van der Waals surface area (Å²) in [5.41, 5.74) is 1.08. The van der Waals surface area contributed by atoms with Crippen molar-refractivity contribution >= 4 is 12.1 Å². The normalized spacial score (nSPS) is 22.6. The Morgan fingerprint density at radius 1 is 1.45 bits per heavy atom. The molecule has 0 saturated heterocycles. The fourth-order valence-electron chi connectivity index (χ4n) is 1.53. The van der Waals surface area contributed by atoms with Crippen molar-refractivity contribution in [2.75, 3.05) is 0 Å². The van der Waals surface area contributed by atoms with Gasteiger partial charge < -0.3 is 0 Å². The molecule has 0 radical (unpaired) electrons. The monoisotopic (exact) mass is 152 g/mol. The Balaban J connectivity index is 3.16. The van der Waals surface area contributed by atoms with Crippen LogP contribution in [0.1, 0.15) is 27.2 Å².